The number of rotatable bonds is 4. The third kappa shape index (κ3) is 5.29. The van der Waals surface area contributed by atoms with E-state index in [2.05, 4.69) is 245 Å². The molecular weight excluding hydrogens is 785 g/mol. The van der Waals surface area contributed by atoms with Crippen molar-refractivity contribution in [3.8, 4) is 50.2 Å². The molecule has 0 N–H and O–H groups in total. The van der Waals surface area contributed by atoms with Crippen LogP contribution in [-0.4, -0.2) is 4.57 Å². The van der Waals surface area contributed by atoms with Gasteiger partial charge in [0.05, 0.1) is 22.4 Å². The van der Waals surface area contributed by atoms with Crippen molar-refractivity contribution in [1.29, 1.82) is 0 Å². The van der Waals surface area contributed by atoms with Crippen LogP contribution in [0, 0.1) is 0 Å². The molecule has 0 saturated carbocycles. The zero-order valence-corrected chi connectivity index (χ0v) is 37.9. The van der Waals surface area contributed by atoms with Gasteiger partial charge in [-0.2, -0.15) is 0 Å². The lowest BCUT2D eigenvalue weighted by Gasteiger charge is -2.42. The molecule has 0 spiro atoms. The standard InChI is InChI=1S/C63H50N2/c1-61(2)51-23-15-13-21-45(51)47-35-49-50-36-48-46-22-14-16-24-52(46)62(3,4)54(48)38-60(50)65(59(49)37-53(47)61)44-29-27-43(28-30-44)64-57-31-25-41(39-17-9-7-10-18-39)33-55(57)63(5,6)56-34-42(26-32-58(56)64)40-19-11-8-12-20-40/h7-38H,1-6H3. The van der Waals surface area contributed by atoms with E-state index in [0.717, 1.165) is 11.4 Å². The van der Waals surface area contributed by atoms with Crippen LogP contribution >= 0.6 is 0 Å². The maximum atomic E-state index is 2.55. The Labute approximate surface area is 382 Å². The summed E-state index contributed by atoms with van der Waals surface area (Å²) in [7, 11) is 0. The molecule has 1 aliphatic heterocycles. The van der Waals surface area contributed by atoms with Gasteiger partial charge in [-0.1, -0.05) is 163 Å². The molecule has 0 unspecified atom stereocenters. The largest absolute Gasteiger partial charge is 0.310 e. The number of aromatic nitrogens is 1. The third-order valence-electron chi connectivity index (χ3n) is 15.6. The van der Waals surface area contributed by atoms with Crippen LogP contribution in [0.15, 0.2) is 194 Å². The second-order valence-electron chi connectivity index (χ2n) is 20.2. The molecule has 2 heterocycles. The van der Waals surface area contributed by atoms with Gasteiger partial charge in [0.25, 0.3) is 0 Å². The van der Waals surface area contributed by atoms with Crippen molar-refractivity contribution in [1.82, 2.24) is 4.57 Å². The average molecular weight is 835 g/mol. The van der Waals surface area contributed by atoms with Crippen molar-refractivity contribution in [2.45, 2.75) is 57.8 Å². The number of hydrogen-bond donors (Lipinski definition) is 0. The quantitative estimate of drug-likeness (QED) is 0.171. The molecule has 2 heteroatoms. The van der Waals surface area contributed by atoms with E-state index in [1.54, 1.807) is 0 Å². The van der Waals surface area contributed by atoms with E-state index < -0.39 is 0 Å². The van der Waals surface area contributed by atoms with Gasteiger partial charge in [-0.15, -0.1) is 0 Å². The molecule has 9 aromatic carbocycles. The van der Waals surface area contributed by atoms with E-state index in [-0.39, 0.29) is 16.2 Å². The summed E-state index contributed by atoms with van der Waals surface area (Å²) in [5, 5.41) is 2.59. The Balaban J connectivity index is 1.02. The molecule has 65 heavy (non-hydrogen) atoms. The molecule has 0 fully saturated rings. The molecule has 0 atom stereocenters. The van der Waals surface area contributed by atoms with E-state index in [0.29, 0.717) is 0 Å². The number of hydrogen-bond acceptors (Lipinski definition) is 1. The Morgan fingerprint density at radius 3 is 1.15 bits per heavy atom. The smallest absolute Gasteiger partial charge is 0.0544 e. The Morgan fingerprint density at radius 2 is 0.692 bits per heavy atom. The number of fused-ring (bicyclic) bond motifs is 11. The Bertz CT molecular complexity index is 3390. The first-order valence-corrected chi connectivity index (χ1v) is 23.2. The van der Waals surface area contributed by atoms with Gasteiger partial charge in [0.2, 0.25) is 0 Å². The zero-order valence-electron chi connectivity index (χ0n) is 37.9. The van der Waals surface area contributed by atoms with E-state index in [9.17, 15) is 0 Å². The second kappa shape index (κ2) is 13.3. The highest BCUT2D eigenvalue weighted by molar-refractivity contribution is 6.13. The van der Waals surface area contributed by atoms with Crippen LogP contribution in [0.2, 0.25) is 0 Å². The number of benzene rings is 9. The molecule has 2 aliphatic carbocycles. The summed E-state index contributed by atoms with van der Waals surface area (Å²) < 4.78 is 2.55. The maximum Gasteiger partial charge on any atom is 0.0544 e. The van der Waals surface area contributed by atoms with Gasteiger partial charge in [-0.3, -0.25) is 0 Å². The van der Waals surface area contributed by atoms with Crippen molar-refractivity contribution in [3.05, 3.63) is 228 Å². The first-order chi connectivity index (χ1) is 31.5. The molecule has 13 rings (SSSR count). The molecule has 0 radical (unpaired) electrons. The number of anilines is 3. The van der Waals surface area contributed by atoms with Crippen LogP contribution in [0.1, 0.15) is 74.9 Å². The van der Waals surface area contributed by atoms with Crippen molar-refractivity contribution in [2.75, 3.05) is 4.90 Å². The summed E-state index contributed by atoms with van der Waals surface area (Å²) in [5.41, 5.74) is 25.3. The molecule has 10 aromatic rings. The van der Waals surface area contributed by atoms with Gasteiger partial charge in [-0.05, 0) is 151 Å². The predicted octanol–water partition coefficient (Wildman–Crippen LogP) is 16.8. The second-order valence-corrected chi connectivity index (χ2v) is 20.2. The molecule has 0 saturated heterocycles. The number of nitrogens with zero attached hydrogens (tertiary/aromatic N) is 2. The Morgan fingerprint density at radius 1 is 0.292 bits per heavy atom. The fourth-order valence-corrected chi connectivity index (χ4v) is 12.1. The van der Waals surface area contributed by atoms with Gasteiger partial charge >= 0.3 is 0 Å². The van der Waals surface area contributed by atoms with Crippen LogP contribution in [0.5, 0.6) is 0 Å². The van der Waals surface area contributed by atoms with Crippen molar-refractivity contribution in [2.24, 2.45) is 0 Å². The normalized spacial score (nSPS) is 15.6. The highest BCUT2D eigenvalue weighted by Crippen LogP contribution is 2.56. The average Bonchev–Trinajstić information content (AvgIpc) is 3.86. The topological polar surface area (TPSA) is 8.17 Å². The molecule has 0 amide bonds. The van der Waals surface area contributed by atoms with Crippen LogP contribution in [0.3, 0.4) is 0 Å². The van der Waals surface area contributed by atoms with E-state index in [1.807, 2.05) is 0 Å². The summed E-state index contributed by atoms with van der Waals surface area (Å²) in [6.45, 7) is 14.3. The molecule has 1 aromatic heterocycles. The monoisotopic (exact) mass is 834 g/mol. The van der Waals surface area contributed by atoms with Gasteiger partial charge in [0.1, 0.15) is 0 Å². The maximum absolute atomic E-state index is 2.55. The SMILES string of the molecule is CC1(C)c2ccccc2-c2cc3c4cc5c(cc4n(-c4ccc(N6c7ccc(-c8ccccc8)cc7C(C)(C)c7cc(-c8ccccc8)ccc76)cc4)c3cc21)C(C)(C)c1ccccc1-5. The molecule has 312 valence electrons. The minimum Gasteiger partial charge on any atom is -0.310 e. The minimum absolute atomic E-state index is 0.114. The van der Waals surface area contributed by atoms with Gasteiger partial charge in [0, 0.05) is 38.4 Å². The summed E-state index contributed by atoms with van der Waals surface area (Å²) in [6, 6.07) is 73.1. The van der Waals surface area contributed by atoms with Gasteiger partial charge in [-0.25, -0.2) is 0 Å². The van der Waals surface area contributed by atoms with Gasteiger partial charge < -0.3 is 9.47 Å². The molecule has 2 nitrogen and oxygen atoms in total. The van der Waals surface area contributed by atoms with Crippen molar-refractivity contribution < 1.29 is 0 Å². The van der Waals surface area contributed by atoms with E-state index in [1.165, 1.54) is 111 Å². The Kier molecular flexibility index (Phi) is 7.80. The third-order valence-corrected chi connectivity index (χ3v) is 15.6. The summed E-state index contributed by atoms with van der Waals surface area (Å²) in [5.74, 6) is 0. The van der Waals surface area contributed by atoms with Crippen molar-refractivity contribution >= 4 is 38.9 Å². The van der Waals surface area contributed by atoms with Crippen LogP contribution < -0.4 is 4.90 Å². The van der Waals surface area contributed by atoms with Crippen molar-refractivity contribution in [3.63, 3.8) is 0 Å². The lowest BCUT2D eigenvalue weighted by atomic mass is 9.72. The zero-order chi connectivity index (χ0) is 44.0. The Hall–Kier alpha value is -7.42. The summed E-state index contributed by atoms with van der Waals surface area (Å²) >= 11 is 0. The van der Waals surface area contributed by atoms with Crippen LogP contribution in [0.4, 0.5) is 17.1 Å². The first kappa shape index (κ1) is 38.1. The fourth-order valence-electron chi connectivity index (χ4n) is 12.1. The minimum atomic E-state index is -0.249. The van der Waals surface area contributed by atoms with E-state index in [4.69, 9.17) is 0 Å². The molecular formula is C63H50N2. The van der Waals surface area contributed by atoms with Gasteiger partial charge in [0.15, 0.2) is 0 Å². The fraction of sp³-hybridized carbons (Fsp3) is 0.143. The summed E-state index contributed by atoms with van der Waals surface area (Å²) in [6.07, 6.45) is 0. The first-order valence-electron chi connectivity index (χ1n) is 23.2. The van der Waals surface area contributed by atoms with E-state index >= 15 is 0 Å². The van der Waals surface area contributed by atoms with Crippen LogP contribution in [-0.2, 0) is 16.2 Å². The lowest BCUT2D eigenvalue weighted by Crippen LogP contribution is -2.30. The van der Waals surface area contributed by atoms with Crippen LogP contribution in [0.25, 0.3) is 72.0 Å². The lowest BCUT2D eigenvalue weighted by molar-refractivity contribution is 0.632. The predicted molar refractivity (Wildman–Crippen MR) is 274 cm³/mol. The molecule has 0 bridgehead atoms. The molecule has 3 aliphatic rings. The summed E-state index contributed by atoms with van der Waals surface area (Å²) in [4.78, 5) is 2.49. The highest BCUT2D eigenvalue weighted by Gasteiger charge is 2.40. The highest BCUT2D eigenvalue weighted by atomic mass is 15.2.